The molecule has 1 amide bonds. The molecule has 0 heterocycles. The largest absolute Gasteiger partial charge is 0.493 e. The molecule has 1 N–H and O–H groups in total. The number of hydrogen-bond acceptors (Lipinski definition) is 3. The third-order valence-corrected chi connectivity index (χ3v) is 4.26. The van der Waals surface area contributed by atoms with Crippen molar-refractivity contribution in [2.24, 2.45) is 0 Å². The van der Waals surface area contributed by atoms with Crippen molar-refractivity contribution >= 4 is 5.91 Å². The lowest BCUT2D eigenvalue weighted by Crippen LogP contribution is -2.37. The average molecular weight is 359 g/mol. The molecular formula is C21H26FNO3. The lowest BCUT2D eigenvalue weighted by Gasteiger charge is -2.25. The highest BCUT2D eigenvalue weighted by molar-refractivity contribution is 5.76. The second-order valence-corrected chi connectivity index (χ2v) is 6.92. The molecule has 0 radical (unpaired) electrons. The van der Waals surface area contributed by atoms with Gasteiger partial charge in [-0.15, -0.1) is 0 Å². The fraction of sp³-hybridized carbons (Fsp3) is 0.381. The van der Waals surface area contributed by atoms with Crippen LogP contribution in [0.5, 0.6) is 11.5 Å². The minimum absolute atomic E-state index is 0.0914. The number of aryl methyl sites for hydroxylation is 1. The number of carbonyl (C=O) groups is 1. The van der Waals surface area contributed by atoms with Gasteiger partial charge in [-0.25, -0.2) is 4.39 Å². The van der Waals surface area contributed by atoms with E-state index in [1.54, 1.807) is 19.2 Å². The SMILES string of the molecule is COc1cc(C)ccc1OCCC(=O)NCC(C)(C)c1ccc(F)cc1. The first-order valence-electron chi connectivity index (χ1n) is 8.62. The van der Waals surface area contributed by atoms with Gasteiger partial charge in [-0.2, -0.15) is 0 Å². The summed E-state index contributed by atoms with van der Waals surface area (Å²) in [6, 6.07) is 12.0. The Kier molecular flexibility index (Phi) is 6.61. The Bertz CT molecular complexity index is 741. The van der Waals surface area contributed by atoms with Crippen LogP contribution in [0.2, 0.25) is 0 Å². The summed E-state index contributed by atoms with van der Waals surface area (Å²) in [5, 5.41) is 2.92. The van der Waals surface area contributed by atoms with E-state index in [1.165, 1.54) is 12.1 Å². The Hall–Kier alpha value is -2.56. The van der Waals surface area contributed by atoms with Crippen molar-refractivity contribution in [1.82, 2.24) is 5.32 Å². The van der Waals surface area contributed by atoms with Gasteiger partial charge in [0, 0.05) is 12.0 Å². The molecule has 5 heteroatoms. The third-order valence-electron chi connectivity index (χ3n) is 4.26. The zero-order valence-corrected chi connectivity index (χ0v) is 15.8. The molecule has 0 saturated carbocycles. The Balaban J connectivity index is 1.81. The van der Waals surface area contributed by atoms with Crippen LogP contribution < -0.4 is 14.8 Å². The van der Waals surface area contributed by atoms with Crippen molar-refractivity contribution in [2.75, 3.05) is 20.3 Å². The lowest BCUT2D eigenvalue weighted by atomic mass is 9.84. The highest BCUT2D eigenvalue weighted by atomic mass is 19.1. The molecule has 2 rings (SSSR count). The van der Waals surface area contributed by atoms with Crippen LogP contribution in [0.1, 0.15) is 31.4 Å². The number of benzene rings is 2. The minimum atomic E-state index is -0.287. The molecule has 0 aromatic heterocycles. The summed E-state index contributed by atoms with van der Waals surface area (Å²) >= 11 is 0. The summed E-state index contributed by atoms with van der Waals surface area (Å²) < 4.78 is 24.0. The molecular weight excluding hydrogens is 333 g/mol. The predicted molar refractivity (Wildman–Crippen MR) is 100 cm³/mol. The lowest BCUT2D eigenvalue weighted by molar-refractivity contribution is -0.121. The van der Waals surface area contributed by atoms with E-state index in [2.05, 4.69) is 5.32 Å². The Morgan fingerprint density at radius 3 is 2.46 bits per heavy atom. The van der Waals surface area contributed by atoms with E-state index in [-0.39, 0.29) is 30.2 Å². The Labute approximate surface area is 154 Å². The number of ether oxygens (including phenoxy) is 2. The Morgan fingerprint density at radius 2 is 1.81 bits per heavy atom. The van der Waals surface area contributed by atoms with E-state index in [0.717, 1.165) is 11.1 Å². The quantitative estimate of drug-likeness (QED) is 0.775. The molecule has 0 bridgehead atoms. The molecule has 26 heavy (non-hydrogen) atoms. The van der Waals surface area contributed by atoms with Crippen LogP contribution in [0.3, 0.4) is 0 Å². The van der Waals surface area contributed by atoms with E-state index in [9.17, 15) is 9.18 Å². The fourth-order valence-electron chi connectivity index (χ4n) is 2.56. The minimum Gasteiger partial charge on any atom is -0.493 e. The second kappa shape index (κ2) is 8.70. The summed E-state index contributed by atoms with van der Waals surface area (Å²) in [5.74, 6) is 0.920. The number of nitrogens with one attached hydrogen (secondary N) is 1. The van der Waals surface area contributed by atoms with E-state index in [4.69, 9.17) is 9.47 Å². The molecule has 0 saturated heterocycles. The van der Waals surface area contributed by atoms with E-state index in [0.29, 0.717) is 18.0 Å². The molecule has 0 spiro atoms. The monoisotopic (exact) mass is 359 g/mol. The van der Waals surface area contributed by atoms with Crippen LogP contribution in [0.25, 0.3) is 0 Å². The number of halogens is 1. The molecule has 0 aliphatic heterocycles. The standard InChI is InChI=1S/C21H26FNO3/c1-15-5-10-18(19(13-15)25-4)26-12-11-20(24)23-14-21(2,3)16-6-8-17(22)9-7-16/h5-10,13H,11-12,14H2,1-4H3,(H,23,24). The van der Waals surface area contributed by atoms with Crippen molar-refractivity contribution in [2.45, 2.75) is 32.6 Å². The van der Waals surface area contributed by atoms with Crippen LogP contribution in [0, 0.1) is 12.7 Å². The van der Waals surface area contributed by atoms with Crippen molar-refractivity contribution < 1.29 is 18.7 Å². The van der Waals surface area contributed by atoms with Crippen molar-refractivity contribution in [1.29, 1.82) is 0 Å². The van der Waals surface area contributed by atoms with Crippen LogP contribution in [-0.2, 0) is 10.2 Å². The predicted octanol–water partition coefficient (Wildman–Crippen LogP) is 4.01. The van der Waals surface area contributed by atoms with Crippen LogP contribution in [0.15, 0.2) is 42.5 Å². The number of carbonyl (C=O) groups excluding carboxylic acids is 1. The zero-order chi connectivity index (χ0) is 19.2. The molecule has 140 valence electrons. The van der Waals surface area contributed by atoms with Crippen molar-refractivity contribution in [3.63, 3.8) is 0 Å². The zero-order valence-electron chi connectivity index (χ0n) is 15.8. The summed E-state index contributed by atoms with van der Waals surface area (Å²) in [7, 11) is 1.59. The van der Waals surface area contributed by atoms with Gasteiger partial charge in [0.15, 0.2) is 11.5 Å². The van der Waals surface area contributed by atoms with Crippen LogP contribution >= 0.6 is 0 Å². The van der Waals surface area contributed by atoms with Crippen molar-refractivity contribution in [3.8, 4) is 11.5 Å². The second-order valence-electron chi connectivity index (χ2n) is 6.92. The molecule has 2 aromatic rings. The van der Waals surface area contributed by atoms with Gasteiger partial charge in [0.25, 0.3) is 0 Å². The van der Waals surface area contributed by atoms with Gasteiger partial charge in [-0.05, 0) is 42.3 Å². The maximum Gasteiger partial charge on any atom is 0.223 e. The highest BCUT2D eigenvalue weighted by Crippen LogP contribution is 2.27. The summed E-state index contributed by atoms with van der Waals surface area (Å²) in [6.07, 6.45) is 0.247. The molecule has 0 unspecified atom stereocenters. The number of hydrogen-bond donors (Lipinski definition) is 1. The molecule has 0 atom stereocenters. The van der Waals surface area contributed by atoms with Crippen molar-refractivity contribution in [3.05, 3.63) is 59.4 Å². The van der Waals surface area contributed by atoms with Gasteiger partial charge in [0.1, 0.15) is 5.82 Å². The molecule has 0 aliphatic carbocycles. The maximum atomic E-state index is 13.1. The van der Waals surface area contributed by atoms with Crippen LogP contribution in [-0.4, -0.2) is 26.2 Å². The van der Waals surface area contributed by atoms with E-state index < -0.39 is 0 Å². The molecule has 0 aliphatic rings. The van der Waals surface area contributed by atoms with Gasteiger partial charge in [0.05, 0.1) is 20.1 Å². The number of amides is 1. The van der Waals surface area contributed by atoms with Gasteiger partial charge in [-0.3, -0.25) is 4.79 Å². The normalized spacial score (nSPS) is 11.1. The number of rotatable bonds is 8. The van der Waals surface area contributed by atoms with E-state index >= 15 is 0 Å². The molecule has 0 fully saturated rings. The fourth-order valence-corrected chi connectivity index (χ4v) is 2.56. The number of methoxy groups -OCH3 is 1. The van der Waals surface area contributed by atoms with Gasteiger partial charge >= 0.3 is 0 Å². The highest BCUT2D eigenvalue weighted by Gasteiger charge is 2.21. The van der Waals surface area contributed by atoms with Gasteiger partial charge in [0.2, 0.25) is 5.91 Å². The summed E-state index contributed by atoms with van der Waals surface area (Å²) in [5.41, 5.74) is 1.76. The third kappa shape index (κ3) is 5.48. The first kappa shape index (κ1) is 19.8. The maximum absolute atomic E-state index is 13.1. The summed E-state index contributed by atoms with van der Waals surface area (Å²) in [6.45, 7) is 6.72. The summed E-state index contributed by atoms with van der Waals surface area (Å²) in [4.78, 5) is 12.1. The van der Waals surface area contributed by atoms with Crippen LogP contribution in [0.4, 0.5) is 4.39 Å². The molecule has 2 aromatic carbocycles. The smallest absolute Gasteiger partial charge is 0.223 e. The van der Waals surface area contributed by atoms with Gasteiger partial charge in [-0.1, -0.05) is 32.0 Å². The van der Waals surface area contributed by atoms with E-state index in [1.807, 2.05) is 39.0 Å². The first-order chi connectivity index (χ1) is 12.3. The Morgan fingerprint density at radius 1 is 1.12 bits per heavy atom. The topological polar surface area (TPSA) is 47.6 Å². The molecule has 4 nitrogen and oxygen atoms in total. The first-order valence-corrected chi connectivity index (χ1v) is 8.62. The average Bonchev–Trinajstić information content (AvgIpc) is 2.61. The van der Waals surface area contributed by atoms with Gasteiger partial charge < -0.3 is 14.8 Å².